The predicted molar refractivity (Wildman–Crippen MR) is 159 cm³/mol. The summed E-state index contributed by atoms with van der Waals surface area (Å²) in [5.74, 6) is 0.00662. The van der Waals surface area contributed by atoms with Crippen LogP contribution in [0.5, 0.6) is 5.75 Å². The molecule has 2 amide bonds. The van der Waals surface area contributed by atoms with Crippen LogP contribution >= 0.6 is 0 Å². The predicted octanol–water partition coefficient (Wildman–Crippen LogP) is 4.41. The second-order valence-corrected chi connectivity index (χ2v) is 11.5. The van der Waals surface area contributed by atoms with E-state index >= 15 is 0 Å². The molecule has 3 aromatic rings. The summed E-state index contributed by atoms with van der Waals surface area (Å²) < 4.78 is 32.0. The second kappa shape index (κ2) is 15.1. The van der Waals surface area contributed by atoms with Crippen LogP contribution in [-0.2, 0) is 32.6 Å². The molecule has 0 spiro atoms. The minimum atomic E-state index is -3.63. The number of nitrogens with zero attached hydrogens (tertiary/aromatic N) is 2. The van der Waals surface area contributed by atoms with Crippen LogP contribution in [0.4, 0.5) is 5.69 Å². The third kappa shape index (κ3) is 8.84. The summed E-state index contributed by atoms with van der Waals surface area (Å²) in [4.78, 5) is 28.8. The highest BCUT2D eigenvalue weighted by Crippen LogP contribution is 2.30. The number of rotatable bonds is 15. The lowest BCUT2D eigenvalue weighted by molar-refractivity contribution is -0.141. The zero-order chi connectivity index (χ0) is 29.0. The zero-order valence-electron chi connectivity index (χ0n) is 23.5. The fourth-order valence-electron chi connectivity index (χ4n) is 4.52. The molecule has 0 aromatic heterocycles. The molecular formula is C31H39N3O5S. The van der Waals surface area contributed by atoms with Gasteiger partial charge in [0.2, 0.25) is 21.8 Å². The Labute approximate surface area is 238 Å². The maximum absolute atomic E-state index is 13.8. The first-order chi connectivity index (χ1) is 19.2. The summed E-state index contributed by atoms with van der Waals surface area (Å²) in [5.41, 5.74) is 2.27. The van der Waals surface area contributed by atoms with E-state index in [1.165, 1.54) is 11.4 Å². The Balaban J connectivity index is 1.86. The number of sulfonamides is 1. The summed E-state index contributed by atoms with van der Waals surface area (Å²) in [6.07, 6.45) is 2.62. The number of benzene rings is 3. The van der Waals surface area contributed by atoms with Gasteiger partial charge in [0.25, 0.3) is 0 Å². The topological polar surface area (TPSA) is 96.0 Å². The lowest BCUT2D eigenvalue weighted by atomic mass is 10.0. The van der Waals surface area contributed by atoms with Crippen molar-refractivity contribution in [2.75, 3.05) is 30.8 Å². The summed E-state index contributed by atoms with van der Waals surface area (Å²) in [5, 5.41) is 2.97. The maximum Gasteiger partial charge on any atom is 0.243 e. The van der Waals surface area contributed by atoms with Gasteiger partial charge in [0.05, 0.1) is 19.1 Å². The molecule has 9 heteroatoms. The molecule has 0 aliphatic carbocycles. The quantitative estimate of drug-likeness (QED) is 0.295. The third-order valence-corrected chi connectivity index (χ3v) is 7.70. The number of carbonyl (C=O) groups excluding carboxylic acids is 2. The molecule has 8 nitrogen and oxygen atoms in total. The van der Waals surface area contributed by atoms with Gasteiger partial charge in [0.1, 0.15) is 11.8 Å². The molecule has 0 saturated carbocycles. The lowest BCUT2D eigenvalue weighted by Gasteiger charge is -2.32. The number of methoxy groups -OCH3 is 1. The molecule has 0 bridgehead atoms. The van der Waals surface area contributed by atoms with E-state index in [4.69, 9.17) is 4.74 Å². The Morgan fingerprint density at radius 1 is 0.900 bits per heavy atom. The van der Waals surface area contributed by atoms with Crippen LogP contribution in [0.2, 0.25) is 0 Å². The van der Waals surface area contributed by atoms with Crippen LogP contribution in [0.3, 0.4) is 0 Å². The SMILES string of the molecule is CCCNC(=O)[C@@H](Cc1ccccc1)N(Cc1ccccc1)C(=O)CCCN(c1ccccc1OC)S(C)(=O)=O. The van der Waals surface area contributed by atoms with E-state index in [2.05, 4.69) is 5.32 Å². The summed E-state index contributed by atoms with van der Waals surface area (Å²) in [6.45, 7) is 2.85. The minimum absolute atomic E-state index is 0.0698. The Morgan fingerprint density at radius 3 is 2.10 bits per heavy atom. The molecular weight excluding hydrogens is 526 g/mol. The Kier molecular flexibility index (Phi) is 11.6. The van der Waals surface area contributed by atoms with Crippen molar-refractivity contribution in [3.63, 3.8) is 0 Å². The van der Waals surface area contributed by atoms with Gasteiger partial charge in [-0.25, -0.2) is 8.42 Å². The number of ether oxygens (including phenoxy) is 1. The molecule has 0 unspecified atom stereocenters. The van der Waals surface area contributed by atoms with Crippen molar-refractivity contribution in [2.24, 2.45) is 0 Å². The van der Waals surface area contributed by atoms with Gasteiger partial charge >= 0.3 is 0 Å². The molecule has 1 N–H and O–H groups in total. The van der Waals surface area contributed by atoms with Crippen LogP contribution in [0.25, 0.3) is 0 Å². The van der Waals surface area contributed by atoms with Gasteiger partial charge in [0, 0.05) is 32.5 Å². The van der Waals surface area contributed by atoms with Crippen LogP contribution in [0, 0.1) is 0 Å². The average Bonchev–Trinajstić information content (AvgIpc) is 2.96. The van der Waals surface area contributed by atoms with Gasteiger partial charge in [-0.15, -0.1) is 0 Å². The highest BCUT2D eigenvalue weighted by Gasteiger charge is 2.30. The van der Waals surface area contributed by atoms with Crippen molar-refractivity contribution in [3.05, 3.63) is 96.1 Å². The van der Waals surface area contributed by atoms with Gasteiger partial charge in [-0.2, -0.15) is 0 Å². The van der Waals surface area contributed by atoms with Gasteiger partial charge < -0.3 is 15.0 Å². The normalized spacial score (nSPS) is 11.9. The second-order valence-electron chi connectivity index (χ2n) is 9.61. The Hall–Kier alpha value is -3.85. The lowest BCUT2D eigenvalue weighted by Crippen LogP contribution is -2.50. The van der Waals surface area contributed by atoms with Crippen molar-refractivity contribution in [1.82, 2.24) is 10.2 Å². The molecule has 214 valence electrons. The fourth-order valence-corrected chi connectivity index (χ4v) is 5.49. The zero-order valence-corrected chi connectivity index (χ0v) is 24.3. The first-order valence-corrected chi connectivity index (χ1v) is 15.3. The number of carbonyl (C=O) groups is 2. The van der Waals surface area contributed by atoms with Crippen LogP contribution in [0.1, 0.15) is 37.3 Å². The van der Waals surface area contributed by atoms with E-state index < -0.39 is 16.1 Å². The molecule has 0 heterocycles. The largest absolute Gasteiger partial charge is 0.495 e. The number of amides is 2. The van der Waals surface area contributed by atoms with Crippen LogP contribution in [0.15, 0.2) is 84.9 Å². The standard InChI is InChI=1S/C31H39N3O5S/c1-4-21-32-31(36)28(23-25-14-7-5-8-15-25)33(24-26-16-9-6-10-17-26)30(35)20-13-22-34(40(3,37)38)27-18-11-12-19-29(27)39-2/h5-12,14-19,28H,4,13,20-24H2,1-3H3,(H,32,36)/t28-/m1/s1. The number of nitrogens with one attached hydrogen (secondary N) is 1. The molecule has 3 aromatic carbocycles. The summed E-state index contributed by atoms with van der Waals surface area (Å²) in [7, 11) is -2.15. The molecule has 40 heavy (non-hydrogen) atoms. The minimum Gasteiger partial charge on any atom is -0.495 e. The number of para-hydroxylation sites is 2. The monoisotopic (exact) mass is 565 g/mol. The van der Waals surface area contributed by atoms with Crippen LogP contribution in [-0.4, -0.2) is 57.6 Å². The van der Waals surface area contributed by atoms with E-state index in [0.717, 1.165) is 23.8 Å². The van der Waals surface area contributed by atoms with E-state index in [0.29, 0.717) is 24.4 Å². The van der Waals surface area contributed by atoms with Crippen molar-refractivity contribution < 1.29 is 22.7 Å². The summed E-state index contributed by atoms with van der Waals surface area (Å²) in [6, 6.07) is 25.4. The molecule has 0 radical (unpaired) electrons. The molecule has 1 atom stereocenters. The molecule has 0 saturated heterocycles. The third-order valence-electron chi connectivity index (χ3n) is 6.52. The maximum atomic E-state index is 13.8. The fraction of sp³-hybridized carbons (Fsp3) is 0.355. The first-order valence-electron chi connectivity index (χ1n) is 13.5. The molecule has 0 fully saturated rings. The van der Waals surface area contributed by atoms with E-state index in [1.54, 1.807) is 29.2 Å². The van der Waals surface area contributed by atoms with E-state index in [1.807, 2.05) is 67.6 Å². The molecule has 0 aliphatic heterocycles. The van der Waals surface area contributed by atoms with Crippen molar-refractivity contribution >= 4 is 27.5 Å². The number of anilines is 1. The molecule has 3 rings (SSSR count). The number of hydrogen-bond acceptors (Lipinski definition) is 5. The van der Waals surface area contributed by atoms with Crippen molar-refractivity contribution in [3.8, 4) is 5.75 Å². The van der Waals surface area contributed by atoms with Gasteiger partial charge in [-0.3, -0.25) is 13.9 Å². The first kappa shape index (κ1) is 30.7. The highest BCUT2D eigenvalue weighted by atomic mass is 32.2. The van der Waals surface area contributed by atoms with Gasteiger partial charge in [0.15, 0.2) is 0 Å². The Bertz CT molecular complexity index is 1330. The smallest absolute Gasteiger partial charge is 0.243 e. The summed E-state index contributed by atoms with van der Waals surface area (Å²) >= 11 is 0. The number of hydrogen-bond donors (Lipinski definition) is 1. The van der Waals surface area contributed by atoms with Crippen LogP contribution < -0.4 is 14.4 Å². The molecule has 0 aliphatic rings. The van der Waals surface area contributed by atoms with Crippen molar-refractivity contribution in [1.29, 1.82) is 0 Å². The van der Waals surface area contributed by atoms with Crippen molar-refractivity contribution in [2.45, 2.75) is 45.2 Å². The average molecular weight is 566 g/mol. The van der Waals surface area contributed by atoms with E-state index in [9.17, 15) is 18.0 Å². The van der Waals surface area contributed by atoms with Gasteiger partial charge in [-0.1, -0.05) is 79.7 Å². The van der Waals surface area contributed by atoms with Gasteiger partial charge in [-0.05, 0) is 36.1 Å². The highest BCUT2D eigenvalue weighted by molar-refractivity contribution is 7.92. The Morgan fingerprint density at radius 2 is 1.50 bits per heavy atom. The van der Waals surface area contributed by atoms with E-state index in [-0.39, 0.29) is 37.7 Å².